The van der Waals surface area contributed by atoms with Crippen LogP contribution in [-0.4, -0.2) is 55.0 Å². The molecule has 2 fully saturated rings. The van der Waals surface area contributed by atoms with Gasteiger partial charge in [0.25, 0.3) is 0 Å². The Labute approximate surface area is 91.4 Å². The number of likely N-dealkylation sites (tertiary alicyclic amines) is 2. The lowest BCUT2D eigenvalue weighted by molar-refractivity contribution is -0.131. The molecule has 2 rings (SSSR count). The Morgan fingerprint density at radius 1 is 1.33 bits per heavy atom. The molecule has 0 radical (unpaired) electrons. The lowest BCUT2D eigenvalue weighted by Gasteiger charge is -2.18. The van der Waals surface area contributed by atoms with Gasteiger partial charge in [-0.1, -0.05) is 0 Å². The van der Waals surface area contributed by atoms with Crippen molar-refractivity contribution in [3.8, 4) is 0 Å². The molecule has 0 aromatic rings. The van der Waals surface area contributed by atoms with Gasteiger partial charge >= 0.3 is 0 Å². The van der Waals surface area contributed by atoms with Crippen molar-refractivity contribution in [2.75, 3.05) is 33.2 Å². The van der Waals surface area contributed by atoms with Gasteiger partial charge in [-0.25, -0.2) is 0 Å². The van der Waals surface area contributed by atoms with E-state index in [1.54, 1.807) is 0 Å². The largest absolute Gasteiger partial charge is 0.341 e. The average Bonchev–Trinajstić information content (AvgIpc) is 2.75. The molecule has 0 aromatic heterocycles. The van der Waals surface area contributed by atoms with Crippen molar-refractivity contribution in [3.63, 3.8) is 0 Å². The van der Waals surface area contributed by atoms with Crippen LogP contribution in [0.25, 0.3) is 0 Å². The van der Waals surface area contributed by atoms with E-state index in [1.807, 2.05) is 4.90 Å². The quantitative estimate of drug-likeness (QED) is 0.693. The first-order valence-electron chi connectivity index (χ1n) is 5.87. The highest BCUT2D eigenvalue weighted by molar-refractivity contribution is 5.76. The molecule has 0 bridgehead atoms. The molecule has 0 spiro atoms. The lowest BCUT2D eigenvalue weighted by Crippen LogP contribution is -2.33. The first-order chi connectivity index (χ1) is 7.15. The Bertz CT molecular complexity index is 244. The maximum Gasteiger partial charge on any atom is 0.222 e. The van der Waals surface area contributed by atoms with E-state index < -0.39 is 0 Å². The number of carbonyl (C=O) groups is 1. The summed E-state index contributed by atoms with van der Waals surface area (Å²) in [4.78, 5) is 16.1. The van der Waals surface area contributed by atoms with Crippen LogP contribution in [0.3, 0.4) is 0 Å². The highest BCUT2D eigenvalue weighted by Crippen LogP contribution is 2.20. The molecule has 2 saturated heterocycles. The number of nitrogens with two attached hydrogens (primary N) is 1. The van der Waals surface area contributed by atoms with Crippen LogP contribution in [0.2, 0.25) is 0 Å². The Balaban J connectivity index is 1.77. The van der Waals surface area contributed by atoms with E-state index in [4.69, 9.17) is 5.73 Å². The van der Waals surface area contributed by atoms with E-state index in [2.05, 4.69) is 11.9 Å². The second-order valence-electron chi connectivity index (χ2n) is 5.01. The van der Waals surface area contributed by atoms with Crippen LogP contribution in [-0.2, 0) is 4.79 Å². The van der Waals surface area contributed by atoms with Crippen LogP contribution in [0, 0.1) is 5.92 Å². The van der Waals surface area contributed by atoms with Crippen LogP contribution in [0.15, 0.2) is 0 Å². The van der Waals surface area contributed by atoms with Crippen LogP contribution in [0.5, 0.6) is 0 Å². The molecule has 2 heterocycles. The van der Waals surface area contributed by atoms with Crippen LogP contribution < -0.4 is 5.73 Å². The molecule has 15 heavy (non-hydrogen) atoms. The molecule has 2 atom stereocenters. The zero-order chi connectivity index (χ0) is 10.8. The molecule has 4 heteroatoms. The highest BCUT2D eigenvalue weighted by atomic mass is 16.2. The summed E-state index contributed by atoms with van der Waals surface area (Å²) >= 11 is 0. The van der Waals surface area contributed by atoms with Crippen molar-refractivity contribution in [1.29, 1.82) is 0 Å². The highest BCUT2D eigenvalue weighted by Gasteiger charge is 2.27. The number of hydrogen-bond acceptors (Lipinski definition) is 3. The molecular formula is C11H21N3O. The molecule has 2 aliphatic heterocycles. The lowest BCUT2D eigenvalue weighted by atomic mass is 10.0. The first-order valence-corrected chi connectivity index (χ1v) is 5.87. The van der Waals surface area contributed by atoms with E-state index >= 15 is 0 Å². The van der Waals surface area contributed by atoms with Gasteiger partial charge in [0.15, 0.2) is 0 Å². The standard InChI is InChI=1S/C11H21N3O/c1-13-4-2-9(7-13)6-11(15)14-5-3-10(12)8-14/h9-10H,2-8,12H2,1H3/t9-,10+/m0/s1. The molecule has 0 aliphatic carbocycles. The summed E-state index contributed by atoms with van der Waals surface area (Å²) in [5, 5.41) is 0. The van der Waals surface area contributed by atoms with Crippen molar-refractivity contribution < 1.29 is 4.79 Å². The first kappa shape index (κ1) is 10.9. The minimum Gasteiger partial charge on any atom is -0.341 e. The maximum absolute atomic E-state index is 11.9. The van der Waals surface area contributed by atoms with Crippen molar-refractivity contribution >= 4 is 5.91 Å². The molecule has 2 aliphatic rings. The van der Waals surface area contributed by atoms with Gasteiger partial charge in [-0.2, -0.15) is 0 Å². The van der Waals surface area contributed by atoms with Gasteiger partial charge in [0, 0.05) is 32.1 Å². The normalized spacial score (nSPS) is 32.5. The van der Waals surface area contributed by atoms with Gasteiger partial charge in [0.05, 0.1) is 0 Å². The molecule has 0 aromatic carbocycles. The SMILES string of the molecule is CN1CC[C@@H](CC(=O)N2CC[C@@H](N)C2)C1. The fourth-order valence-electron chi connectivity index (χ4n) is 2.58. The topological polar surface area (TPSA) is 49.6 Å². The number of hydrogen-bond donors (Lipinski definition) is 1. The number of carbonyl (C=O) groups excluding carboxylic acids is 1. The number of nitrogens with zero attached hydrogens (tertiary/aromatic N) is 2. The summed E-state index contributed by atoms with van der Waals surface area (Å²) in [6.45, 7) is 3.84. The number of rotatable bonds is 2. The second kappa shape index (κ2) is 4.49. The van der Waals surface area contributed by atoms with Gasteiger partial charge in [-0.05, 0) is 32.4 Å². The fourth-order valence-corrected chi connectivity index (χ4v) is 2.58. The fraction of sp³-hybridized carbons (Fsp3) is 0.909. The minimum atomic E-state index is 0.209. The van der Waals surface area contributed by atoms with Crippen molar-refractivity contribution in [1.82, 2.24) is 9.80 Å². The smallest absolute Gasteiger partial charge is 0.222 e. The molecule has 0 unspecified atom stereocenters. The summed E-state index contributed by atoms with van der Waals surface area (Å²) in [5.41, 5.74) is 5.79. The van der Waals surface area contributed by atoms with Crippen LogP contribution >= 0.6 is 0 Å². The molecule has 4 nitrogen and oxygen atoms in total. The third-order valence-corrected chi connectivity index (χ3v) is 3.53. The molecule has 2 N–H and O–H groups in total. The van der Waals surface area contributed by atoms with Gasteiger partial charge in [0.2, 0.25) is 5.91 Å². The molecular weight excluding hydrogens is 190 g/mol. The summed E-state index contributed by atoms with van der Waals surface area (Å²) < 4.78 is 0. The van der Waals surface area contributed by atoms with Gasteiger partial charge in [-0.3, -0.25) is 4.79 Å². The third kappa shape index (κ3) is 2.69. The zero-order valence-electron chi connectivity index (χ0n) is 9.48. The summed E-state index contributed by atoms with van der Waals surface area (Å²) in [7, 11) is 2.12. The van der Waals surface area contributed by atoms with Gasteiger partial charge in [-0.15, -0.1) is 0 Å². The van der Waals surface area contributed by atoms with Crippen molar-refractivity contribution in [2.45, 2.75) is 25.3 Å². The van der Waals surface area contributed by atoms with Gasteiger partial charge in [0.1, 0.15) is 0 Å². The predicted octanol–water partition coefficient (Wildman–Crippen LogP) is -0.112. The Hall–Kier alpha value is -0.610. The predicted molar refractivity (Wildman–Crippen MR) is 59.4 cm³/mol. The van der Waals surface area contributed by atoms with E-state index in [0.717, 1.165) is 39.0 Å². The van der Waals surface area contributed by atoms with E-state index in [1.165, 1.54) is 6.42 Å². The minimum absolute atomic E-state index is 0.209. The maximum atomic E-state index is 11.9. The molecule has 1 amide bonds. The average molecular weight is 211 g/mol. The number of amides is 1. The Morgan fingerprint density at radius 3 is 2.67 bits per heavy atom. The van der Waals surface area contributed by atoms with Crippen molar-refractivity contribution in [3.05, 3.63) is 0 Å². The summed E-state index contributed by atoms with van der Waals surface area (Å²) in [5.74, 6) is 0.877. The Kier molecular flexibility index (Phi) is 3.26. The van der Waals surface area contributed by atoms with Crippen LogP contribution in [0.1, 0.15) is 19.3 Å². The third-order valence-electron chi connectivity index (χ3n) is 3.53. The molecule has 86 valence electrons. The second-order valence-corrected chi connectivity index (χ2v) is 5.01. The summed E-state index contributed by atoms with van der Waals surface area (Å²) in [6, 6.07) is 0.209. The molecule has 0 saturated carbocycles. The van der Waals surface area contributed by atoms with E-state index in [0.29, 0.717) is 11.8 Å². The van der Waals surface area contributed by atoms with Gasteiger partial charge < -0.3 is 15.5 Å². The monoisotopic (exact) mass is 211 g/mol. The zero-order valence-corrected chi connectivity index (χ0v) is 9.48. The van der Waals surface area contributed by atoms with E-state index in [-0.39, 0.29) is 6.04 Å². The Morgan fingerprint density at radius 2 is 2.13 bits per heavy atom. The van der Waals surface area contributed by atoms with Crippen LogP contribution in [0.4, 0.5) is 0 Å². The summed E-state index contributed by atoms with van der Waals surface area (Å²) in [6.07, 6.45) is 2.86. The van der Waals surface area contributed by atoms with E-state index in [9.17, 15) is 4.79 Å². The van der Waals surface area contributed by atoms with Crippen molar-refractivity contribution in [2.24, 2.45) is 11.7 Å².